The van der Waals surface area contributed by atoms with Crippen LogP contribution < -0.4 is 4.74 Å². The third-order valence-electron chi connectivity index (χ3n) is 2.26. The Morgan fingerprint density at radius 1 is 0.944 bits per heavy atom. The van der Waals surface area contributed by atoms with E-state index in [0.717, 1.165) is 5.56 Å². The van der Waals surface area contributed by atoms with Crippen LogP contribution in [0.25, 0.3) is 11.1 Å². The molecular weight excluding hydrogens is 265 g/mol. The summed E-state index contributed by atoms with van der Waals surface area (Å²) in [6, 6.07) is 12.7. The molecule has 94 valence electrons. The summed E-state index contributed by atoms with van der Waals surface area (Å²) in [6.45, 7) is 0. The number of hydrogen-bond acceptors (Lipinski definition) is 1. The van der Waals surface area contributed by atoms with E-state index >= 15 is 0 Å². The Balaban J connectivity index is 2.39. The van der Waals surface area contributed by atoms with Crippen molar-refractivity contribution in [3.05, 3.63) is 53.6 Å². The molecule has 0 spiro atoms. The molecule has 0 amide bonds. The molecule has 0 fully saturated rings. The van der Waals surface area contributed by atoms with Gasteiger partial charge in [-0.3, -0.25) is 0 Å². The molecule has 0 aromatic heterocycles. The highest BCUT2D eigenvalue weighted by Gasteiger charge is 2.31. The van der Waals surface area contributed by atoms with Crippen molar-refractivity contribution in [3.63, 3.8) is 0 Å². The highest BCUT2D eigenvalue weighted by Crippen LogP contribution is 2.33. The standard InChI is InChI=1S/C13H8ClF3O/c14-12-7-6-10(18-13(15,16)17)8-11(12)9-4-2-1-3-5-9/h1-8H. The van der Waals surface area contributed by atoms with Gasteiger partial charge in [0.05, 0.1) is 0 Å². The fourth-order valence-corrected chi connectivity index (χ4v) is 1.77. The Labute approximate surface area is 107 Å². The first-order valence-electron chi connectivity index (χ1n) is 5.06. The van der Waals surface area contributed by atoms with Crippen LogP contribution in [0.2, 0.25) is 5.02 Å². The monoisotopic (exact) mass is 272 g/mol. The molecule has 0 aliphatic carbocycles. The molecular formula is C13H8ClF3O. The molecule has 5 heteroatoms. The minimum atomic E-state index is -4.71. The fourth-order valence-electron chi connectivity index (χ4n) is 1.54. The van der Waals surface area contributed by atoms with Gasteiger partial charge in [0.15, 0.2) is 0 Å². The second-order valence-electron chi connectivity index (χ2n) is 3.56. The normalized spacial score (nSPS) is 11.3. The van der Waals surface area contributed by atoms with E-state index in [2.05, 4.69) is 4.74 Å². The van der Waals surface area contributed by atoms with Gasteiger partial charge in [-0.1, -0.05) is 41.9 Å². The van der Waals surface area contributed by atoms with Crippen LogP contribution in [0.15, 0.2) is 48.5 Å². The number of alkyl halides is 3. The van der Waals surface area contributed by atoms with Gasteiger partial charge in [0.1, 0.15) is 5.75 Å². The summed E-state index contributed by atoms with van der Waals surface area (Å²) < 4.78 is 40.2. The van der Waals surface area contributed by atoms with Crippen LogP contribution >= 0.6 is 11.6 Å². The van der Waals surface area contributed by atoms with Crippen molar-refractivity contribution >= 4 is 11.6 Å². The maximum Gasteiger partial charge on any atom is 0.573 e. The van der Waals surface area contributed by atoms with Crippen LogP contribution in [0, 0.1) is 0 Å². The van der Waals surface area contributed by atoms with Gasteiger partial charge in [-0.05, 0) is 23.8 Å². The van der Waals surface area contributed by atoms with Crippen molar-refractivity contribution in [1.82, 2.24) is 0 Å². The van der Waals surface area contributed by atoms with Gasteiger partial charge in [0.25, 0.3) is 0 Å². The summed E-state index contributed by atoms with van der Waals surface area (Å²) in [6.07, 6.45) is -4.71. The molecule has 0 atom stereocenters. The summed E-state index contributed by atoms with van der Waals surface area (Å²) in [5.41, 5.74) is 1.23. The summed E-state index contributed by atoms with van der Waals surface area (Å²) >= 11 is 5.97. The van der Waals surface area contributed by atoms with E-state index in [1.165, 1.54) is 18.2 Å². The van der Waals surface area contributed by atoms with Crippen LogP contribution in [0.3, 0.4) is 0 Å². The molecule has 2 rings (SSSR count). The lowest BCUT2D eigenvalue weighted by atomic mass is 10.1. The minimum absolute atomic E-state index is 0.286. The topological polar surface area (TPSA) is 9.23 Å². The zero-order valence-corrected chi connectivity index (χ0v) is 9.79. The minimum Gasteiger partial charge on any atom is -0.406 e. The number of hydrogen-bond donors (Lipinski definition) is 0. The van der Waals surface area contributed by atoms with E-state index in [4.69, 9.17) is 11.6 Å². The second-order valence-corrected chi connectivity index (χ2v) is 3.96. The maximum atomic E-state index is 12.1. The van der Waals surface area contributed by atoms with Crippen LogP contribution in [0.1, 0.15) is 0 Å². The van der Waals surface area contributed by atoms with Crippen LogP contribution in [0.4, 0.5) is 13.2 Å². The Hall–Kier alpha value is -1.68. The van der Waals surface area contributed by atoms with Crippen LogP contribution in [-0.2, 0) is 0 Å². The Kier molecular flexibility index (Phi) is 3.48. The maximum absolute atomic E-state index is 12.1. The van der Waals surface area contributed by atoms with Crippen LogP contribution in [0.5, 0.6) is 5.75 Å². The van der Waals surface area contributed by atoms with Gasteiger partial charge in [-0.25, -0.2) is 0 Å². The van der Waals surface area contributed by atoms with Crippen molar-refractivity contribution in [3.8, 4) is 16.9 Å². The molecule has 0 unspecified atom stereocenters. The number of benzene rings is 2. The Morgan fingerprint density at radius 2 is 1.61 bits per heavy atom. The lowest BCUT2D eigenvalue weighted by molar-refractivity contribution is -0.274. The SMILES string of the molecule is FC(F)(F)Oc1ccc(Cl)c(-c2ccccc2)c1. The van der Waals surface area contributed by atoms with E-state index in [1.807, 2.05) is 6.07 Å². The number of ether oxygens (including phenoxy) is 1. The predicted octanol–water partition coefficient (Wildman–Crippen LogP) is 4.91. The van der Waals surface area contributed by atoms with Gasteiger partial charge in [-0.2, -0.15) is 0 Å². The number of rotatable bonds is 2. The van der Waals surface area contributed by atoms with E-state index in [0.29, 0.717) is 10.6 Å². The molecule has 0 bridgehead atoms. The van der Waals surface area contributed by atoms with E-state index in [9.17, 15) is 13.2 Å². The van der Waals surface area contributed by atoms with Crippen molar-refractivity contribution in [2.24, 2.45) is 0 Å². The Morgan fingerprint density at radius 3 is 2.22 bits per heavy atom. The molecule has 2 aromatic carbocycles. The molecule has 1 nitrogen and oxygen atoms in total. The summed E-state index contributed by atoms with van der Waals surface area (Å²) in [5, 5.41) is 0.371. The molecule has 0 radical (unpaired) electrons. The third kappa shape index (κ3) is 3.17. The van der Waals surface area contributed by atoms with E-state index in [1.54, 1.807) is 24.3 Å². The van der Waals surface area contributed by atoms with E-state index < -0.39 is 6.36 Å². The molecule has 0 N–H and O–H groups in total. The second kappa shape index (κ2) is 4.90. The molecule has 0 heterocycles. The highest BCUT2D eigenvalue weighted by atomic mass is 35.5. The number of halogens is 4. The van der Waals surface area contributed by atoms with Gasteiger partial charge in [0, 0.05) is 10.6 Å². The average molecular weight is 273 g/mol. The van der Waals surface area contributed by atoms with Crippen LogP contribution in [-0.4, -0.2) is 6.36 Å². The molecule has 2 aromatic rings. The summed E-state index contributed by atoms with van der Waals surface area (Å²) in [7, 11) is 0. The largest absolute Gasteiger partial charge is 0.573 e. The smallest absolute Gasteiger partial charge is 0.406 e. The molecule has 0 aliphatic heterocycles. The quantitative estimate of drug-likeness (QED) is 0.755. The molecule has 18 heavy (non-hydrogen) atoms. The first-order valence-corrected chi connectivity index (χ1v) is 5.44. The lowest BCUT2D eigenvalue weighted by Crippen LogP contribution is -2.17. The zero-order chi connectivity index (χ0) is 13.2. The molecule has 0 saturated heterocycles. The zero-order valence-electron chi connectivity index (χ0n) is 9.04. The highest BCUT2D eigenvalue weighted by molar-refractivity contribution is 6.33. The first kappa shape index (κ1) is 12.8. The van der Waals surface area contributed by atoms with Gasteiger partial charge in [0.2, 0.25) is 0 Å². The van der Waals surface area contributed by atoms with Crippen molar-refractivity contribution in [2.45, 2.75) is 6.36 Å². The fraction of sp³-hybridized carbons (Fsp3) is 0.0769. The lowest BCUT2D eigenvalue weighted by Gasteiger charge is -2.11. The van der Waals surface area contributed by atoms with Gasteiger partial charge in [-0.15, -0.1) is 13.2 Å². The van der Waals surface area contributed by atoms with Crippen molar-refractivity contribution < 1.29 is 17.9 Å². The first-order chi connectivity index (χ1) is 8.46. The summed E-state index contributed by atoms with van der Waals surface area (Å²) in [5.74, 6) is -0.286. The Bertz CT molecular complexity index is 538. The third-order valence-corrected chi connectivity index (χ3v) is 2.59. The molecule has 0 saturated carbocycles. The predicted molar refractivity (Wildman–Crippen MR) is 63.6 cm³/mol. The van der Waals surface area contributed by atoms with Crippen molar-refractivity contribution in [2.75, 3.05) is 0 Å². The van der Waals surface area contributed by atoms with Crippen molar-refractivity contribution in [1.29, 1.82) is 0 Å². The van der Waals surface area contributed by atoms with Gasteiger partial charge >= 0.3 is 6.36 Å². The summed E-state index contributed by atoms with van der Waals surface area (Å²) in [4.78, 5) is 0. The van der Waals surface area contributed by atoms with Gasteiger partial charge < -0.3 is 4.74 Å². The average Bonchev–Trinajstić information content (AvgIpc) is 2.31. The molecule has 0 aliphatic rings. The van der Waals surface area contributed by atoms with E-state index in [-0.39, 0.29) is 5.75 Å².